The lowest BCUT2D eigenvalue weighted by atomic mass is 10.2. The molecule has 2 aromatic rings. The van der Waals surface area contributed by atoms with Crippen LogP contribution < -0.4 is 5.43 Å². The van der Waals surface area contributed by atoms with Gasteiger partial charge in [-0.3, -0.25) is 5.43 Å². The number of benzene rings is 1. The number of anilines is 1. The van der Waals surface area contributed by atoms with Crippen molar-refractivity contribution in [3.05, 3.63) is 60.1 Å². The summed E-state index contributed by atoms with van der Waals surface area (Å²) in [6.45, 7) is 1.83. The number of nitrogens with one attached hydrogen (secondary N) is 1. The third-order valence-electron chi connectivity index (χ3n) is 2.50. The second-order valence-corrected chi connectivity index (χ2v) is 4.10. The third kappa shape index (κ3) is 3.84. The predicted octanol–water partition coefficient (Wildman–Crippen LogP) is 3.48. The minimum atomic E-state index is -0.966. The lowest BCUT2D eigenvalue weighted by Gasteiger charge is -2.02. The lowest BCUT2D eigenvalue weighted by Crippen LogP contribution is -1.98. The molecule has 0 saturated heterocycles. The van der Waals surface area contributed by atoms with Crippen LogP contribution in [0.4, 0.5) is 5.69 Å². The summed E-state index contributed by atoms with van der Waals surface area (Å²) < 4.78 is 5.16. The van der Waals surface area contributed by atoms with Crippen molar-refractivity contribution >= 4 is 23.4 Å². The Labute approximate surface area is 116 Å². The number of carboxylic acids is 1. The molecule has 0 aliphatic heterocycles. The number of hydrogen-bond acceptors (Lipinski definition) is 4. The number of hydrogen-bond donors (Lipinski definition) is 2. The van der Waals surface area contributed by atoms with Gasteiger partial charge in [0.2, 0.25) is 0 Å². The molecule has 0 spiro atoms. The highest BCUT2D eigenvalue weighted by atomic mass is 16.4. The first-order chi connectivity index (χ1) is 9.65. The van der Waals surface area contributed by atoms with Gasteiger partial charge in [-0.25, -0.2) is 4.79 Å². The van der Waals surface area contributed by atoms with Crippen LogP contribution in [0, 0.1) is 0 Å². The molecule has 2 N–H and O–H groups in total. The molecule has 20 heavy (non-hydrogen) atoms. The maximum absolute atomic E-state index is 10.8. The molecular formula is C15H14N2O3. The van der Waals surface area contributed by atoms with Crippen molar-refractivity contribution in [3.63, 3.8) is 0 Å². The van der Waals surface area contributed by atoms with E-state index in [1.54, 1.807) is 30.5 Å². The van der Waals surface area contributed by atoms with Crippen LogP contribution in [0.3, 0.4) is 0 Å². The second kappa shape index (κ2) is 6.38. The molecule has 0 aliphatic carbocycles. The number of allylic oxidation sites excluding steroid dienone is 1. The zero-order valence-electron chi connectivity index (χ0n) is 10.9. The topological polar surface area (TPSA) is 74.8 Å². The summed E-state index contributed by atoms with van der Waals surface area (Å²) in [6, 6.07) is 10.1. The van der Waals surface area contributed by atoms with Gasteiger partial charge in [0.25, 0.3) is 0 Å². The molecule has 0 fully saturated rings. The Balaban J connectivity index is 2.01. The van der Waals surface area contributed by atoms with E-state index in [1.165, 1.54) is 12.1 Å². The molecule has 0 aliphatic rings. The monoisotopic (exact) mass is 270 g/mol. The molecule has 1 aromatic carbocycles. The summed E-state index contributed by atoms with van der Waals surface area (Å²) in [5.74, 6) is -0.223. The van der Waals surface area contributed by atoms with Crippen LogP contribution in [0.5, 0.6) is 0 Å². The summed E-state index contributed by atoms with van der Waals surface area (Å²) in [4.78, 5) is 10.8. The Kier molecular flexibility index (Phi) is 4.34. The molecule has 0 bridgehead atoms. The number of carbonyl (C=O) groups is 1. The van der Waals surface area contributed by atoms with Gasteiger partial charge in [-0.15, -0.1) is 0 Å². The molecule has 5 nitrogen and oxygen atoms in total. The molecular weight excluding hydrogens is 256 g/mol. The SMILES string of the molecule is CC(C=Cc1ccco1)=NNc1cccc(C(=O)O)c1. The van der Waals surface area contributed by atoms with Crippen molar-refractivity contribution in [2.45, 2.75) is 6.92 Å². The van der Waals surface area contributed by atoms with E-state index >= 15 is 0 Å². The smallest absolute Gasteiger partial charge is 0.335 e. The number of rotatable bonds is 5. The van der Waals surface area contributed by atoms with Crippen LogP contribution in [0.2, 0.25) is 0 Å². The van der Waals surface area contributed by atoms with E-state index in [1.807, 2.05) is 19.1 Å². The Morgan fingerprint density at radius 3 is 2.90 bits per heavy atom. The van der Waals surface area contributed by atoms with Crippen molar-refractivity contribution in [1.29, 1.82) is 0 Å². The Bertz CT molecular complexity index is 643. The molecule has 5 heteroatoms. The van der Waals surface area contributed by atoms with Crippen LogP contribution in [0.15, 0.2) is 58.3 Å². The highest BCUT2D eigenvalue weighted by molar-refractivity contribution is 5.96. The quantitative estimate of drug-likeness (QED) is 0.644. The van der Waals surface area contributed by atoms with Crippen molar-refractivity contribution in [3.8, 4) is 0 Å². The molecule has 102 valence electrons. The zero-order valence-corrected chi connectivity index (χ0v) is 10.9. The molecule has 0 atom stereocenters. The maximum Gasteiger partial charge on any atom is 0.335 e. The van der Waals surface area contributed by atoms with Crippen molar-refractivity contribution in [2.24, 2.45) is 5.10 Å². The van der Waals surface area contributed by atoms with Gasteiger partial charge in [0.15, 0.2) is 0 Å². The van der Waals surface area contributed by atoms with Crippen molar-refractivity contribution < 1.29 is 14.3 Å². The minimum absolute atomic E-state index is 0.217. The first-order valence-corrected chi connectivity index (χ1v) is 6.00. The number of aromatic carboxylic acids is 1. The Morgan fingerprint density at radius 1 is 1.35 bits per heavy atom. The fourth-order valence-electron chi connectivity index (χ4n) is 1.50. The fraction of sp³-hybridized carbons (Fsp3) is 0.0667. The molecule has 1 heterocycles. The van der Waals surface area contributed by atoms with Gasteiger partial charge < -0.3 is 9.52 Å². The lowest BCUT2D eigenvalue weighted by molar-refractivity contribution is 0.0697. The predicted molar refractivity (Wildman–Crippen MR) is 77.9 cm³/mol. The summed E-state index contributed by atoms with van der Waals surface area (Å²) in [7, 11) is 0. The van der Waals surface area contributed by atoms with E-state index in [0.29, 0.717) is 5.69 Å². The molecule has 0 saturated carbocycles. The normalized spacial score (nSPS) is 11.8. The minimum Gasteiger partial charge on any atom is -0.478 e. The zero-order chi connectivity index (χ0) is 14.4. The first kappa shape index (κ1) is 13.6. The standard InChI is InChI=1S/C15H14N2O3/c1-11(7-8-14-6-3-9-20-14)16-17-13-5-2-4-12(10-13)15(18)19/h2-10,17H,1H3,(H,18,19). The highest BCUT2D eigenvalue weighted by Gasteiger charge is 2.02. The second-order valence-electron chi connectivity index (χ2n) is 4.10. The van der Waals surface area contributed by atoms with Crippen LogP contribution in [0.25, 0.3) is 6.08 Å². The van der Waals surface area contributed by atoms with Crippen LogP contribution in [0.1, 0.15) is 23.0 Å². The van der Waals surface area contributed by atoms with Crippen molar-refractivity contribution in [1.82, 2.24) is 0 Å². The molecule has 0 unspecified atom stereocenters. The van der Waals surface area contributed by atoms with E-state index in [4.69, 9.17) is 9.52 Å². The van der Waals surface area contributed by atoms with E-state index < -0.39 is 5.97 Å². The number of hydrazone groups is 1. The van der Waals surface area contributed by atoms with E-state index in [9.17, 15) is 4.79 Å². The first-order valence-electron chi connectivity index (χ1n) is 6.00. The van der Waals surface area contributed by atoms with Gasteiger partial charge in [0.1, 0.15) is 5.76 Å². The average molecular weight is 270 g/mol. The Hall–Kier alpha value is -2.82. The van der Waals surface area contributed by atoms with E-state index in [2.05, 4.69) is 10.5 Å². The summed E-state index contributed by atoms with van der Waals surface area (Å²) in [5, 5.41) is 13.0. The molecule has 2 rings (SSSR count). The van der Waals surface area contributed by atoms with E-state index in [0.717, 1.165) is 11.5 Å². The van der Waals surface area contributed by atoms with Gasteiger partial charge in [0, 0.05) is 0 Å². The van der Waals surface area contributed by atoms with Gasteiger partial charge in [-0.05, 0) is 49.4 Å². The largest absolute Gasteiger partial charge is 0.478 e. The van der Waals surface area contributed by atoms with Crippen LogP contribution in [-0.2, 0) is 0 Å². The molecule has 0 radical (unpaired) electrons. The maximum atomic E-state index is 10.8. The van der Waals surface area contributed by atoms with Gasteiger partial charge >= 0.3 is 5.97 Å². The van der Waals surface area contributed by atoms with E-state index in [-0.39, 0.29) is 5.56 Å². The summed E-state index contributed by atoms with van der Waals surface area (Å²) in [6.07, 6.45) is 5.20. The van der Waals surface area contributed by atoms with Crippen molar-refractivity contribution in [2.75, 3.05) is 5.43 Å². The van der Waals surface area contributed by atoms with Gasteiger partial charge in [0.05, 0.1) is 23.2 Å². The fourth-order valence-corrected chi connectivity index (χ4v) is 1.50. The highest BCUT2D eigenvalue weighted by Crippen LogP contribution is 2.10. The van der Waals surface area contributed by atoms with Crippen LogP contribution >= 0.6 is 0 Å². The number of nitrogens with zero attached hydrogens (tertiary/aromatic N) is 1. The van der Waals surface area contributed by atoms with Crippen LogP contribution in [-0.4, -0.2) is 16.8 Å². The number of carboxylic acid groups (broad SMARTS) is 1. The molecule has 0 amide bonds. The summed E-state index contributed by atoms with van der Waals surface area (Å²) in [5.41, 5.74) is 4.39. The number of furan rings is 1. The molecule has 1 aromatic heterocycles. The Morgan fingerprint density at radius 2 is 2.20 bits per heavy atom. The van der Waals surface area contributed by atoms with Gasteiger partial charge in [-0.2, -0.15) is 5.10 Å². The third-order valence-corrected chi connectivity index (χ3v) is 2.50. The average Bonchev–Trinajstić information content (AvgIpc) is 2.96. The van der Waals surface area contributed by atoms with Gasteiger partial charge in [-0.1, -0.05) is 6.07 Å². The summed E-state index contributed by atoms with van der Waals surface area (Å²) >= 11 is 0.